The van der Waals surface area contributed by atoms with Crippen LogP contribution in [0.4, 0.5) is 9.59 Å². The normalized spacial score (nSPS) is 26.9. The quantitative estimate of drug-likeness (QED) is 0.612. The molecule has 96 valence electrons. The number of primary amides is 1. The highest BCUT2D eigenvalue weighted by atomic mass is 16.2. The van der Waals surface area contributed by atoms with Gasteiger partial charge in [0.1, 0.15) is 6.17 Å². The molecule has 1 aromatic rings. The molecule has 1 aromatic carbocycles. The van der Waals surface area contributed by atoms with Crippen LogP contribution < -0.4 is 21.7 Å². The zero-order chi connectivity index (χ0) is 13.1. The van der Waals surface area contributed by atoms with Crippen LogP contribution in [-0.2, 0) is 0 Å². The van der Waals surface area contributed by atoms with E-state index >= 15 is 0 Å². The third-order valence-corrected chi connectivity index (χ3v) is 3.03. The molecular formula is C12H16N4O2. The van der Waals surface area contributed by atoms with Gasteiger partial charge in [-0.25, -0.2) is 9.59 Å². The second-order valence-electron chi connectivity index (χ2n) is 4.33. The van der Waals surface area contributed by atoms with Crippen molar-refractivity contribution in [2.45, 2.75) is 25.0 Å². The summed E-state index contributed by atoms with van der Waals surface area (Å²) in [4.78, 5) is 22.4. The summed E-state index contributed by atoms with van der Waals surface area (Å²) in [5.41, 5.74) is 6.16. The summed E-state index contributed by atoms with van der Waals surface area (Å²) < 4.78 is 0. The lowest BCUT2D eigenvalue weighted by atomic mass is 9.88. The van der Waals surface area contributed by atoms with Crippen molar-refractivity contribution in [3.8, 4) is 0 Å². The number of amides is 4. The van der Waals surface area contributed by atoms with Gasteiger partial charge in [0.2, 0.25) is 0 Å². The van der Waals surface area contributed by atoms with Gasteiger partial charge in [-0.3, -0.25) is 0 Å². The average Bonchev–Trinajstić information content (AvgIpc) is 2.28. The van der Waals surface area contributed by atoms with E-state index in [-0.39, 0.29) is 18.0 Å². The van der Waals surface area contributed by atoms with Gasteiger partial charge in [-0.05, 0) is 12.5 Å². The summed E-state index contributed by atoms with van der Waals surface area (Å²) in [5, 5.41) is 8.01. The molecule has 1 aliphatic rings. The Morgan fingerprint density at radius 2 is 1.94 bits per heavy atom. The van der Waals surface area contributed by atoms with Crippen LogP contribution in [0.2, 0.25) is 0 Å². The van der Waals surface area contributed by atoms with Crippen LogP contribution in [0.1, 0.15) is 18.4 Å². The molecule has 1 aliphatic heterocycles. The zero-order valence-corrected chi connectivity index (χ0v) is 10.0. The first kappa shape index (κ1) is 12.2. The zero-order valence-electron chi connectivity index (χ0n) is 10.0. The molecule has 3 atom stereocenters. The van der Waals surface area contributed by atoms with Crippen LogP contribution in [0.3, 0.4) is 0 Å². The first-order valence-corrected chi connectivity index (χ1v) is 5.76. The van der Waals surface area contributed by atoms with Crippen LogP contribution in [0.15, 0.2) is 30.3 Å². The molecule has 2 rings (SSSR count). The maximum atomic E-state index is 11.4. The van der Waals surface area contributed by atoms with Gasteiger partial charge >= 0.3 is 12.1 Å². The minimum absolute atomic E-state index is 0.0728. The van der Waals surface area contributed by atoms with E-state index in [0.29, 0.717) is 0 Å². The molecule has 0 aliphatic carbocycles. The lowest BCUT2D eigenvalue weighted by Gasteiger charge is -2.37. The van der Waals surface area contributed by atoms with Crippen LogP contribution in [-0.4, -0.2) is 24.3 Å². The largest absolute Gasteiger partial charge is 0.352 e. The Labute approximate surface area is 105 Å². The molecule has 4 amide bonds. The Bertz CT molecular complexity index is 447. The first-order chi connectivity index (χ1) is 8.58. The van der Waals surface area contributed by atoms with Crippen molar-refractivity contribution in [2.24, 2.45) is 5.73 Å². The fraction of sp³-hybridized carbons (Fsp3) is 0.333. The predicted molar refractivity (Wildman–Crippen MR) is 66.8 cm³/mol. The maximum Gasteiger partial charge on any atom is 0.316 e. The van der Waals surface area contributed by atoms with E-state index in [1.807, 2.05) is 37.3 Å². The Morgan fingerprint density at radius 1 is 1.28 bits per heavy atom. The summed E-state index contributed by atoms with van der Waals surface area (Å²) in [6, 6.07) is 8.59. The van der Waals surface area contributed by atoms with Crippen LogP contribution in [0, 0.1) is 0 Å². The lowest BCUT2D eigenvalue weighted by molar-refractivity contribution is 0.201. The van der Waals surface area contributed by atoms with Crippen LogP contribution in [0.5, 0.6) is 0 Å². The fourth-order valence-corrected chi connectivity index (χ4v) is 2.29. The molecule has 6 heteroatoms. The topological polar surface area (TPSA) is 96.2 Å². The Hall–Kier alpha value is -2.24. The van der Waals surface area contributed by atoms with Crippen molar-refractivity contribution >= 4 is 12.1 Å². The van der Waals surface area contributed by atoms with Crippen molar-refractivity contribution in [1.82, 2.24) is 16.0 Å². The smallest absolute Gasteiger partial charge is 0.316 e. The van der Waals surface area contributed by atoms with Gasteiger partial charge < -0.3 is 21.7 Å². The van der Waals surface area contributed by atoms with Crippen LogP contribution in [0.25, 0.3) is 0 Å². The van der Waals surface area contributed by atoms with E-state index in [4.69, 9.17) is 5.73 Å². The number of carbonyl (C=O) groups excluding carboxylic acids is 2. The molecule has 6 nitrogen and oxygen atoms in total. The molecule has 1 saturated heterocycles. The molecule has 0 spiro atoms. The molecule has 1 fully saturated rings. The standard InChI is InChI=1S/C12H16N4O2/c1-7-9(8-5-3-2-4-6-8)10(15-11(13)17)16-12(18)14-7/h2-7,9-10H,1H3,(H3,13,15,17)(H2,14,16,18). The predicted octanol–water partition coefficient (Wildman–Crippen LogP) is 0.466. The van der Waals surface area contributed by atoms with Gasteiger partial charge in [0.05, 0.1) is 0 Å². The summed E-state index contributed by atoms with van der Waals surface area (Å²) in [6.07, 6.45) is -0.506. The van der Waals surface area contributed by atoms with E-state index < -0.39 is 12.2 Å². The van der Waals surface area contributed by atoms with Gasteiger partial charge in [0.25, 0.3) is 0 Å². The van der Waals surface area contributed by atoms with E-state index in [1.54, 1.807) is 0 Å². The highest BCUT2D eigenvalue weighted by Crippen LogP contribution is 2.24. The third-order valence-electron chi connectivity index (χ3n) is 3.03. The van der Waals surface area contributed by atoms with Gasteiger partial charge in [0.15, 0.2) is 0 Å². The molecule has 3 unspecified atom stereocenters. The Kier molecular flexibility index (Phi) is 3.36. The molecule has 0 radical (unpaired) electrons. The third kappa shape index (κ3) is 2.53. The number of benzene rings is 1. The second-order valence-corrected chi connectivity index (χ2v) is 4.33. The molecule has 1 heterocycles. The molecule has 0 bridgehead atoms. The minimum atomic E-state index is -0.657. The van der Waals surface area contributed by atoms with E-state index in [1.165, 1.54) is 0 Å². The molecule has 0 aromatic heterocycles. The first-order valence-electron chi connectivity index (χ1n) is 5.76. The van der Waals surface area contributed by atoms with E-state index in [9.17, 15) is 9.59 Å². The molecular weight excluding hydrogens is 232 g/mol. The highest BCUT2D eigenvalue weighted by molar-refractivity contribution is 5.78. The van der Waals surface area contributed by atoms with Crippen LogP contribution >= 0.6 is 0 Å². The van der Waals surface area contributed by atoms with Crippen molar-refractivity contribution in [2.75, 3.05) is 0 Å². The van der Waals surface area contributed by atoms with Gasteiger partial charge in [-0.2, -0.15) is 0 Å². The molecule has 0 saturated carbocycles. The number of carbonyl (C=O) groups is 2. The summed E-state index contributed by atoms with van der Waals surface area (Å²) in [7, 11) is 0. The van der Waals surface area contributed by atoms with Crippen molar-refractivity contribution < 1.29 is 9.59 Å². The van der Waals surface area contributed by atoms with E-state index in [2.05, 4.69) is 16.0 Å². The molecule has 18 heavy (non-hydrogen) atoms. The Morgan fingerprint density at radius 3 is 2.56 bits per heavy atom. The number of hydrogen-bond donors (Lipinski definition) is 4. The molecule has 5 N–H and O–H groups in total. The second kappa shape index (κ2) is 4.95. The summed E-state index contributed by atoms with van der Waals surface area (Å²) in [6.45, 7) is 1.89. The van der Waals surface area contributed by atoms with Gasteiger partial charge in [-0.15, -0.1) is 0 Å². The fourth-order valence-electron chi connectivity index (χ4n) is 2.29. The number of nitrogens with one attached hydrogen (secondary N) is 3. The maximum absolute atomic E-state index is 11.4. The average molecular weight is 248 g/mol. The Balaban J connectivity index is 2.27. The number of nitrogens with two attached hydrogens (primary N) is 1. The summed E-state index contributed by atoms with van der Waals surface area (Å²) >= 11 is 0. The van der Waals surface area contributed by atoms with Crippen molar-refractivity contribution in [1.29, 1.82) is 0 Å². The lowest BCUT2D eigenvalue weighted by Crippen LogP contribution is -2.64. The SMILES string of the molecule is CC1NC(=O)NC(NC(N)=O)C1c1ccccc1. The van der Waals surface area contributed by atoms with Gasteiger partial charge in [-0.1, -0.05) is 30.3 Å². The number of rotatable bonds is 2. The van der Waals surface area contributed by atoms with Crippen molar-refractivity contribution in [3.05, 3.63) is 35.9 Å². The van der Waals surface area contributed by atoms with E-state index in [0.717, 1.165) is 5.56 Å². The monoisotopic (exact) mass is 248 g/mol. The minimum Gasteiger partial charge on any atom is -0.352 e. The van der Waals surface area contributed by atoms with Crippen molar-refractivity contribution in [3.63, 3.8) is 0 Å². The van der Waals surface area contributed by atoms with Gasteiger partial charge in [0, 0.05) is 12.0 Å². The summed E-state index contributed by atoms with van der Waals surface area (Å²) in [5.74, 6) is -0.0728. The highest BCUT2D eigenvalue weighted by Gasteiger charge is 2.35. The number of hydrogen-bond acceptors (Lipinski definition) is 2. The number of urea groups is 2.